The van der Waals surface area contributed by atoms with Crippen molar-refractivity contribution < 1.29 is 0 Å². The molecule has 0 N–H and O–H groups in total. The van der Waals surface area contributed by atoms with E-state index in [1.54, 1.807) is 0 Å². The van der Waals surface area contributed by atoms with Crippen molar-refractivity contribution in [2.45, 2.75) is 33.6 Å². The summed E-state index contributed by atoms with van der Waals surface area (Å²) in [7, 11) is 0. The second kappa shape index (κ2) is 7.60. The molecule has 0 aromatic heterocycles. The van der Waals surface area contributed by atoms with E-state index in [2.05, 4.69) is 39.5 Å². The Bertz CT molecular complexity index is 234. The van der Waals surface area contributed by atoms with Gasteiger partial charge in [0.25, 0.3) is 0 Å². The molecule has 0 unspecified atom stereocenters. The minimum atomic E-state index is 1.22. The summed E-state index contributed by atoms with van der Waals surface area (Å²) >= 11 is 0. The van der Waals surface area contributed by atoms with Crippen molar-refractivity contribution in [3.63, 3.8) is 0 Å². The second-order valence-electron chi connectivity index (χ2n) is 3.06. The van der Waals surface area contributed by atoms with Crippen LogP contribution < -0.4 is 0 Å². The molecule has 0 heterocycles. The molecule has 0 aliphatic rings. The maximum Gasteiger partial charge on any atom is -0.0233 e. The Labute approximate surface area is 82.3 Å². The van der Waals surface area contributed by atoms with E-state index in [1.807, 2.05) is 18.2 Å². The molecule has 0 saturated heterocycles. The molecule has 0 nitrogen and oxygen atoms in total. The normalized spacial score (nSPS) is 8.54. The van der Waals surface area contributed by atoms with E-state index in [1.165, 1.54) is 24.0 Å². The van der Waals surface area contributed by atoms with Gasteiger partial charge in [-0.3, -0.25) is 0 Å². The minimum absolute atomic E-state index is 1.22. The van der Waals surface area contributed by atoms with Crippen molar-refractivity contribution in [3.8, 4) is 0 Å². The van der Waals surface area contributed by atoms with Crippen LogP contribution in [0.3, 0.4) is 0 Å². The average molecular weight is 176 g/mol. The molecule has 1 rings (SSSR count). The molecular weight excluding hydrogens is 156 g/mol. The number of unbranched alkanes of at least 4 members (excludes halogenated alkanes) is 1. The molecule has 13 heavy (non-hydrogen) atoms. The Morgan fingerprint density at radius 3 is 2.00 bits per heavy atom. The Kier molecular flexibility index (Phi) is 6.99. The van der Waals surface area contributed by atoms with Crippen LogP contribution in [0.25, 0.3) is 6.08 Å². The van der Waals surface area contributed by atoms with Crippen molar-refractivity contribution in [3.05, 3.63) is 42.0 Å². The van der Waals surface area contributed by atoms with Gasteiger partial charge >= 0.3 is 0 Å². The van der Waals surface area contributed by atoms with E-state index in [0.29, 0.717) is 0 Å². The van der Waals surface area contributed by atoms with Crippen LogP contribution in [-0.4, -0.2) is 0 Å². The number of hydrogen-bond acceptors (Lipinski definition) is 0. The van der Waals surface area contributed by atoms with Crippen LogP contribution in [0.15, 0.2) is 30.8 Å². The van der Waals surface area contributed by atoms with E-state index < -0.39 is 0 Å². The van der Waals surface area contributed by atoms with Crippen molar-refractivity contribution >= 4 is 6.08 Å². The Morgan fingerprint density at radius 2 is 1.69 bits per heavy atom. The fourth-order valence-electron chi connectivity index (χ4n) is 0.816. The van der Waals surface area contributed by atoms with E-state index in [0.717, 1.165) is 0 Å². The first-order valence-corrected chi connectivity index (χ1v) is 4.94. The zero-order chi connectivity index (χ0) is 10.1. The Balaban J connectivity index is 0.000000310. The van der Waals surface area contributed by atoms with Crippen LogP contribution in [0.2, 0.25) is 0 Å². The molecule has 1 aromatic rings. The van der Waals surface area contributed by atoms with Gasteiger partial charge in [0.2, 0.25) is 0 Å². The quantitative estimate of drug-likeness (QED) is 0.624. The third-order valence-corrected chi connectivity index (χ3v) is 1.91. The van der Waals surface area contributed by atoms with E-state index in [4.69, 9.17) is 0 Å². The van der Waals surface area contributed by atoms with Crippen LogP contribution in [0.5, 0.6) is 0 Å². The van der Waals surface area contributed by atoms with E-state index in [9.17, 15) is 0 Å². The fraction of sp³-hybridized carbons (Fsp3) is 0.385. The summed E-state index contributed by atoms with van der Waals surface area (Å²) in [4.78, 5) is 0. The number of hydrogen-bond donors (Lipinski definition) is 0. The van der Waals surface area contributed by atoms with Gasteiger partial charge in [-0.1, -0.05) is 63.6 Å². The third-order valence-electron chi connectivity index (χ3n) is 1.91. The summed E-state index contributed by atoms with van der Waals surface area (Å²) in [5.74, 6) is 0. The van der Waals surface area contributed by atoms with Crippen LogP contribution in [0.4, 0.5) is 0 Å². The van der Waals surface area contributed by atoms with E-state index in [-0.39, 0.29) is 0 Å². The average Bonchev–Trinajstić information content (AvgIpc) is 2.19. The zero-order valence-corrected chi connectivity index (χ0v) is 9.01. The molecule has 0 fully saturated rings. The van der Waals surface area contributed by atoms with E-state index >= 15 is 0 Å². The first kappa shape index (κ1) is 12.0. The summed E-state index contributed by atoms with van der Waals surface area (Å²) in [6.45, 7) is 10.1. The van der Waals surface area contributed by atoms with Crippen molar-refractivity contribution in [1.82, 2.24) is 0 Å². The summed E-state index contributed by atoms with van der Waals surface area (Å²) in [5.41, 5.74) is 2.50. The predicted octanol–water partition coefficient (Wildman–Crippen LogP) is 4.44. The third kappa shape index (κ3) is 5.24. The minimum Gasteiger partial charge on any atom is -0.0985 e. The molecule has 72 valence electrons. The second-order valence-corrected chi connectivity index (χ2v) is 3.06. The highest BCUT2D eigenvalue weighted by atomic mass is 13.9. The lowest BCUT2D eigenvalue weighted by Gasteiger charge is -1.95. The first-order chi connectivity index (χ1) is 6.26. The van der Waals surface area contributed by atoms with Crippen LogP contribution >= 0.6 is 0 Å². The maximum atomic E-state index is 3.69. The smallest absolute Gasteiger partial charge is 0.0233 e. The van der Waals surface area contributed by atoms with Crippen molar-refractivity contribution in [1.29, 1.82) is 0 Å². The molecule has 0 radical (unpaired) electrons. The SMILES string of the molecule is C=Cc1ccccc1C.CCCC. The number of aryl methyl sites for hydroxylation is 1. The molecule has 0 amide bonds. The maximum absolute atomic E-state index is 3.69. The highest BCUT2D eigenvalue weighted by Crippen LogP contribution is 2.06. The Morgan fingerprint density at radius 1 is 1.15 bits per heavy atom. The van der Waals surface area contributed by atoms with Gasteiger partial charge in [-0.2, -0.15) is 0 Å². The van der Waals surface area contributed by atoms with Gasteiger partial charge in [0.1, 0.15) is 0 Å². The number of rotatable bonds is 2. The van der Waals surface area contributed by atoms with Crippen molar-refractivity contribution in [2.75, 3.05) is 0 Å². The number of benzene rings is 1. The molecule has 0 aliphatic heterocycles. The van der Waals surface area contributed by atoms with Crippen LogP contribution in [0, 0.1) is 6.92 Å². The first-order valence-electron chi connectivity index (χ1n) is 4.94. The highest BCUT2D eigenvalue weighted by Gasteiger charge is 1.86. The van der Waals surface area contributed by atoms with Crippen LogP contribution in [-0.2, 0) is 0 Å². The monoisotopic (exact) mass is 176 g/mol. The topological polar surface area (TPSA) is 0 Å². The fourth-order valence-corrected chi connectivity index (χ4v) is 0.816. The van der Waals surface area contributed by atoms with Gasteiger partial charge in [-0.25, -0.2) is 0 Å². The molecule has 0 aliphatic carbocycles. The molecular formula is C13H20. The standard InChI is InChI=1S/C9H10.C4H10/c1-3-9-7-5-4-6-8(9)2;1-3-4-2/h3-7H,1H2,2H3;3-4H2,1-2H3. The lowest BCUT2D eigenvalue weighted by molar-refractivity contribution is 0.886. The molecule has 0 saturated carbocycles. The van der Waals surface area contributed by atoms with Crippen molar-refractivity contribution in [2.24, 2.45) is 0 Å². The van der Waals surface area contributed by atoms with Gasteiger partial charge in [0.15, 0.2) is 0 Å². The van der Waals surface area contributed by atoms with Gasteiger partial charge < -0.3 is 0 Å². The Hall–Kier alpha value is -1.04. The van der Waals surface area contributed by atoms with Gasteiger partial charge in [0, 0.05) is 0 Å². The zero-order valence-electron chi connectivity index (χ0n) is 9.01. The lowest BCUT2D eigenvalue weighted by Crippen LogP contribution is -1.75. The van der Waals surface area contributed by atoms with Gasteiger partial charge in [0.05, 0.1) is 0 Å². The molecule has 0 atom stereocenters. The highest BCUT2D eigenvalue weighted by molar-refractivity contribution is 5.50. The molecule has 0 bridgehead atoms. The molecule has 0 heteroatoms. The largest absolute Gasteiger partial charge is 0.0985 e. The summed E-state index contributed by atoms with van der Waals surface area (Å²) in [5, 5.41) is 0. The van der Waals surface area contributed by atoms with Gasteiger partial charge in [-0.05, 0) is 18.1 Å². The lowest BCUT2D eigenvalue weighted by atomic mass is 10.1. The molecule has 1 aromatic carbocycles. The molecule has 0 spiro atoms. The summed E-state index contributed by atoms with van der Waals surface area (Å²) < 4.78 is 0. The predicted molar refractivity (Wildman–Crippen MR) is 61.9 cm³/mol. The summed E-state index contributed by atoms with van der Waals surface area (Å²) in [6.07, 6.45) is 4.51. The summed E-state index contributed by atoms with van der Waals surface area (Å²) in [6, 6.07) is 8.19. The van der Waals surface area contributed by atoms with Crippen LogP contribution in [0.1, 0.15) is 37.8 Å². The van der Waals surface area contributed by atoms with Gasteiger partial charge in [-0.15, -0.1) is 0 Å².